The minimum absolute atomic E-state index is 0.202. The number of benzene rings is 2. The molecule has 0 radical (unpaired) electrons. The van der Waals surface area contributed by atoms with E-state index in [4.69, 9.17) is 0 Å². The molecule has 2 aliphatic carbocycles. The predicted molar refractivity (Wildman–Crippen MR) is 78.5 cm³/mol. The molecular weight excluding hydrogens is 300 g/mol. The van der Waals surface area contributed by atoms with Gasteiger partial charge in [0.05, 0.1) is 0 Å². The molecule has 1 nitrogen and oxygen atoms in total. The molecule has 0 bridgehead atoms. The second-order valence-electron chi connectivity index (χ2n) is 5.71. The summed E-state index contributed by atoms with van der Waals surface area (Å²) < 4.78 is 1.06. The summed E-state index contributed by atoms with van der Waals surface area (Å²) in [5, 5.41) is 0. The van der Waals surface area contributed by atoms with Crippen LogP contribution in [0.4, 0.5) is 0 Å². The fourth-order valence-corrected chi connectivity index (χ4v) is 4.05. The summed E-state index contributed by atoms with van der Waals surface area (Å²) in [7, 11) is 0. The van der Waals surface area contributed by atoms with Gasteiger partial charge in [0.15, 0.2) is 5.78 Å². The van der Waals surface area contributed by atoms with Crippen molar-refractivity contribution in [2.45, 2.75) is 19.3 Å². The summed E-state index contributed by atoms with van der Waals surface area (Å²) in [6.07, 6.45) is 2.68. The van der Waals surface area contributed by atoms with Crippen LogP contribution >= 0.6 is 15.9 Å². The Labute approximate surface area is 120 Å². The van der Waals surface area contributed by atoms with Crippen molar-refractivity contribution in [2.75, 3.05) is 0 Å². The van der Waals surface area contributed by atoms with E-state index in [1.165, 1.54) is 16.7 Å². The molecule has 0 aliphatic heterocycles. The van der Waals surface area contributed by atoms with Crippen molar-refractivity contribution in [3.63, 3.8) is 0 Å². The van der Waals surface area contributed by atoms with E-state index in [1.54, 1.807) is 0 Å². The summed E-state index contributed by atoms with van der Waals surface area (Å²) in [6, 6.07) is 14.5. The molecule has 1 spiro atoms. The van der Waals surface area contributed by atoms with Crippen molar-refractivity contribution in [3.05, 3.63) is 69.2 Å². The lowest BCUT2D eigenvalue weighted by Crippen LogP contribution is -2.28. The van der Waals surface area contributed by atoms with Gasteiger partial charge in [-0.05, 0) is 54.2 Å². The fourth-order valence-electron chi connectivity index (χ4n) is 3.64. The van der Waals surface area contributed by atoms with Crippen LogP contribution in [0.3, 0.4) is 0 Å². The van der Waals surface area contributed by atoms with Crippen LogP contribution in [0.15, 0.2) is 46.9 Å². The number of rotatable bonds is 0. The van der Waals surface area contributed by atoms with Gasteiger partial charge in [-0.15, -0.1) is 0 Å². The first-order valence-electron chi connectivity index (χ1n) is 6.58. The standard InChI is InChI=1S/C17H13BrO/c18-14-5-6-15-13(7-14)10-17(16(15)19)8-11-3-1-2-4-12(11)9-17/h1-7H,8-10H2. The maximum Gasteiger partial charge on any atom is 0.170 e. The highest BCUT2D eigenvalue weighted by molar-refractivity contribution is 9.10. The Balaban J connectivity index is 1.79. The van der Waals surface area contributed by atoms with Crippen LogP contribution < -0.4 is 0 Å². The van der Waals surface area contributed by atoms with E-state index in [-0.39, 0.29) is 5.41 Å². The third-order valence-electron chi connectivity index (χ3n) is 4.50. The van der Waals surface area contributed by atoms with Crippen molar-refractivity contribution in [3.8, 4) is 0 Å². The van der Waals surface area contributed by atoms with Crippen LogP contribution in [-0.4, -0.2) is 5.78 Å². The van der Waals surface area contributed by atoms with Crippen LogP contribution in [0.2, 0.25) is 0 Å². The topological polar surface area (TPSA) is 17.1 Å². The molecule has 0 N–H and O–H groups in total. The Kier molecular flexibility index (Phi) is 2.28. The Morgan fingerprint density at radius 1 is 0.895 bits per heavy atom. The maximum absolute atomic E-state index is 12.8. The van der Waals surface area contributed by atoms with Crippen molar-refractivity contribution < 1.29 is 4.79 Å². The number of ketones is 1. The van der Waals surface area contributed by atoms with E-state index in [0.29, 0.717) is 5.78 Å². The fraction of sp³-hybridized carbons (Fsp3) is 0.235. The van der Waals surface area contributed by atoms with E-state index in [0.717, 1.165) is 29.3 Å². The molecular formula is C17H13BrO. The van der Waals surface area contributed by atoms with Crippen molar-refractivity contribution in [2.24, 2.45) is 5.41 Å². The van der Waals surface area contributed by atoms with Crippen LogP contribution in [0.25, 0.3) is 0 Å². The van der Waals surface area contributed by atoms with Gasteiger partial charge in [-0.2, -0.15) is 0 Å². The molecule has 0 saturated carbocycles. The van der Waals surface area contributed by atoms with Gasteiger partial charge in [-0.1, -0.05) is 40.2 Å². The lowest BCUT2D eigenvalue weighted by Gasteiger charge is -2.20. The van der Waals surface area contributed by atoms with Crippen LogP contribution in [0.5, 0.6) is 0 Å². The first kappa shape index (κ1) is 11.4. The molecule has 2 aromatic carbocycles. The van der Waals surface area contributed by atoms with E-state index >= 15 is 0 Å². The zero-order valence-corrected chi connectivity index (χ0v) is 12.0. The SMILES string of the molecule is O=C1c2ccc(Br)cc2CC12Cc1ccccc1C2. The zero-order chi connectivity index (χ0) is 13.0. The van der Waals surface area contributed by atoms with Gasteiger partial charge in [0.25, 0.3) is 0 Å². The highest BCUT2D eigenvalue weighted by Gasteiger charge is 2.48. The molecule has 19 heavy (non-hydrogen) atoms. The van der Waals surface area contributed by atoms with E-state index in [9.17, 15) is 4.79 Å². The molecule has 0 heterocycles. The Bertz CT molecular complexity index is 677. The van der Waals surface area contributed by atoms with Gasteiger partial charge >= 0.3 is 0 Å². The van der Waals surface area contributed by atoms with Gasteiger partial charge in [-0.3, -0.25) is 4.79 Å². The van der Waals surface area contributed by atoms with Gasteiger partial charge in [0, 0.05) is 15.5 Å². The van der Waals surface area contributed by atoms with Crippen LogP contribution in [-0.2, 0) is 19.3 Å². The molecule has 0 aromatic heterocycles. The summed E-state index contributed by atoms with van der Waals surface area (Å²) >= 11 is 3.50. The highest BCUT2D eigenvalue weighted by Crippen LogP contribution is 2.47. The minimum Gasteiger partial charge on any atom is -0.294 e. The number of halogens is 1. The third-order valence-corrected chi connectivity index (χ3v) is 4.99. The smallest absolute Gasteiger partial charge is 0.170 e. The number of fused-ring (bicyclic) bond motifs is 2. The van der Waals surface area contributed by atoms with E-state index < -0.39 is 0 Å². The minimum atomic E-state index is -0.202. The molecule has 2 aliphatic rings. The van der Waals surface area contributed by atoms with Gasteiger partial charge in [0.2, 0.25) is 0 Å². The maximum atomic E-state index is 12.8. The first-order valence-corrected chi connectivity index (χ1v) is 7.37. The molecule has 4 rings (SSSR count). The molecule has 0 atom stereocenters. The average Bonchev–Trinajstić information content (AvgIpc) is 2.88. The lowest BCUT2D eigenvalue weighted by molar-refractivity contribution is 0.0831. The third kappa shape index (κ3) is 1.56. The van der Waals surface area contributed by atoms with Crippen molar-refractivity contribution in [1.82, 2.24) is 0 Å². The first-order chi connectivity index (χ1) is 9.18. The number of hydrogen-bond donors (Lipinski definition) is 0. The Morgan fingerprint density at radius 3 is 2.21 bits per heavy atom. The number of carbonyl (C=O) groups is 1. The normalized spacial score (nSPS) is 18.7. The highest BCUT2D eigenvalue weighted by atomic mass is 79.9. The second kappa shape index (κ2) is 3.80. The second-order valence-corrected chi connectivity index (χ2v) is 6.63. The van der Waals surface area contributed by atoms with Crippen molar-refractivity contribution >= 4 is 21.7 Å². The van der Waals surface area contributed by atoms with Gasteiger partial charge in [-0.25, -0.2) is 0 Å². The van der Waals surface area contributed by atoms with Crippen LogP contribution in [0, 0.1) is 5.41 Å². The molecule has 0 unspecified atom stereocenters. The monoisotopic (exact) mass is 312 g/mol. The van der Waals surface area contributed by atoms with E-state index in [1.807, 2.05) is 12.1 Å². The summed E-state index contributed by atoms with van der Waals surface area (Å²) in [5.74, 6) is 0.339. The van der Waals surface area contributed by atoms with Crippen LogP contribution in [0.1, 0.15) is 27.0 Å². The molecule has 2 heteroatoms. The van der Waals surface area contributed by atoms with Gasteiger partial charge in [0.1, 0.15) is 0 Å². The summed E-state index contributed by atoms with van der Waals surface area (Å²) in [6.45, 7) is 0. The molecule has 0 fully saturated rings. The molecule has 2 aromatic rings. The van der Waals surface area contributed by atoms with Crippen molar-refractivity contribution in [1.29, 1.82) is 0 Å². The van der Waals surface area contributed by atoms with Gasteiger partial charge < -0.3 is 0 Å². The number of Topliss-reactive ketones (excluding diaryl/α,β-unsaturated/α-hetero) is 1. The quantitative estimate of drug-likeness (QED) is 0.719. The predicted octanol–water partition coefficient (Wildman–Crippen LogP) is 3.97. The largest absolute Gasteiger partial charge is 0.294 e. The molecule has 0 saturated heterocycles. The Hall–Kier alpha value is -1.41. The Morgan fingerprint density at radius 2 is 1.53 bits per heavy atom. The number of hydrogen-bond acceptors (Lipinski definition) is 1. The lowest BCUT2D eigenvalue weighted by atomic mass is 9.81. The average molecular weight is 313 g/mol. The summed E-state index contributed by atoms with van der Waals surface area (Å²) in [5.41, 5.74) is 4.63. The molecule has 0 amide bonds. The molecule has 94 valence electrons. The number of carbonyl (C=O) groups excluding carboxylic acids is 1. The zero-order valence-electron chi connectivity index (χ0n) is 10.4. The summed E-state index contributed by atoms with van der Waals surface area (Å²) in [4.78, 5) is 12.8. The van der Waals surface area contributed by atoms with E-state index in [2.05, 4.69) is 46.3 Å².